The van der Waals surface area contributed by atoms with E-state index in [4.69, 9.17) is 21.1 Å². The van der Waals surface area contributed by atoms with Crippen LogP contribution in [0.25, 0.3) is 0 Å². The largest absolute Gasteiger partial charge is 0.469 e. The van der Waals surface area contributed by atoms with E-state index in [1.54, 1.807) is 18.3 Å². The standard InChI is InChI=1S/C18H16ClN3O2/c19-17-10-15(8-9-20-17)24-16-11-22(14-6-7-14)21-18(16)23-12-13-4-2-1-3-5-13/h1-5,8-11,14H,6-7,12H2. The monoisotopic (exact) mass is 341 g/mol. The van der Waals surface area contributed by atoms with Crippen molar-refractivity contribution in [3.8, 4) is 17.4 Å². The number of ether oxygens (including phenoxy) is 2. The number of halogens is 1. The van der Waals surface area contributed by atoms with Crippen LogP contribution in [0.1, 0.15) is 24.4 Å². The Morgan fingerprint density at radius 2 is 2.00 bits per heavy atom. The van der Waals surface area contributed by atoms with Crippen molar-refractivity contribution in [1.29, 1.82) is 0 Å². The van der Waals surface area contributed by atoms with Crippen LogP contribution in [0.2, 0.25) is 5.15 Å². The van der Waals surface area contributed by atoms with Gasteiger partial charge in [-0.3, -0.25) is 4.68 Å². The van der Waals surface area contributed by atoms with Crippen LogP contribution in [0, 0.1) is 0 Å². The predicted octanol–water partition coefficient (Wildman–Crippen LogP) is 4.64. The molecule has 4 rings (SSSR count). The van der Waals surface area contributed by atoms with E-state index >= 15 is 0 Å². The molecule has 2 aromatic heterocycles. The maximum Gasteiger partial charge on any atom is 0.276 e. The highest BCUT2D eigenvalue weighted by Crippen LogP contribution is 2.39. The van der Waals surface area contributed by atoms with Gasteiger partial charge in [0.15, 0.2) is 0 Å². The molecule has 0 unspecified atom stereocenters. The lowest BCUT2D eigenvalue weighted by Gasteiger charge is -2.07. The van der Waals surface area contributed by atoms with Crippen LogP contribution in [-0.4, -0.2) is 14.8 Å². The van der Waals surface area contributed by atoms with Gasteiger partial charge in [0.25, 0.3) is 5.88 Å². The molecule has 0 radical (unpaired) electrons. The van der Waals surface area contributed by atoms with Gasteiger partial charge in [-0.25, -0.2) is 4.98 Å². The van der Waals surface area contributed by atoms with Crippen molar-refractivity contribution in [3.63, 3.8) is 0 Å². The third kappa shape index (κ3) is 3.51. The van der Waals surface area contributed by atoms with Gasteiger partial charge in [-0.1, -0.05) is 41.9 Å². The SMILES string of the molecule is Clc1cc(Oc2cn(C3CC3)nc2OCc2ccccc2)ccn1. The molecule has 1 aromatic carbocycles. The van der Waals surface area contributed by atoms with Crippen LogP contribution in [0.5, 0.6) is 17.4 Å². The van der Waals surface area contributed by atoms with Crippen molar-refractivity contribution in [2.45, 2.75) is 25.5 Å². The lowest BCUT2D eigenvalue weighted by atomic mass is 10.2. The molecule has 24 heavy (non-hydrogen) atoms. The summed E-state index contributed by atoms with van der Waals surface area (Å²) in [6, 6.07) is 13.8. The van der Waals surface area contributed by atoms with Crippen molar-refractivity contribution in [2.24, 2.45) is 0 Å². The average molecular weight is 342 g/mol. The quantitative estimate of drug-likeness (QED) is 0.613. The van der Waals surface area contributed by atoms with Gasteiger partial charge in [-0.15, -0.1) is 5.10 Å². The molecular weight excluding hydrogens is 326 g/mol. The van der Waals surface area contributed by atoms with E-state index in [2.05, 4.69) is 10.1 Å². The summed E-state index contributed by atoms with van der Waals surface area (Å²) in [5.74, 6) is 1.67. The second-order valence-corrected chi connectivity index (χ2v) is 6.09. The van der Waals surface area contributed by atoms with Gasteiger partial charge in [0, 0.05) is 12.3 Å². The minimum absolute atomic E-state index is 0.383. The third-order valence-corrected chi connectivity index (χ3v) is 3.94. The molecule has 0 aliphatic heterocycles. The van der Waals surface area contributed by atoms with E-state index in [0.29, 0.717) is 35.2 Å². The molecule has 0 saturated heterocycles. The molecule has 1 saturated carbocycles. The fourth-order valence-corrected chi connectivity index (χ4v) is 2.52. The summed E-state index contributed by atoms with van der Waals surface area (Å²) < 4.78 is 13.7. The summed E-state index contributed by atoms with van der Waals surface area (Å²) in [6.45, 7) is 0.440. The van der Waals surface area contributed by atoms with E-state index in [1.807, 2.05) is 41.2 Å². The normalized spacial score (nSPS) is 13.7. The molecule has 0 atom stereocenters. The number of hydrogen-bond donors (Lipinski definition) is 0. The minimum atomic E-state index is 0.383. The maximum atomic E-state index is 5.91. The second kappa shape index (κ2) is 6.53. The van der Waals surface area contributed by atoms with Gasteiger partial charge >= 0.3 is 0 Å². The fraction of sp³-hybridized carbons (Fsp3) is 0.222. The van der Waals surface area contributed by atoms with Gasteiger partial charge in [0.1, 0.15) is 17.5 Å². The lowest BCUT2D eigenvalue weighted by Crippen LogP contribution is -1.98. The first-order chi connectivity index (χ1) is 11.8. The first-order valence-electron chi connectivity index (χ1n) is 7.83. The van der Waals surface area contributed by atoms with Crippen LogP contribution >= 0.6 is 11.6 Å². The topological polar surface area (TPSA) is 49.2 Å². The Morgan fingerprint density at radius 3 is 2.75 bits per heavy atom. The Labute approximate surface area is 144 Å². The van der Waals surface area contributed by atoms with E-state index < -0.39 is 0 Å². The third-order valence-electron chi connectivity index (χ3n) is 3.73. The number of rotatable bonds is 6. The molecule has 0 bridgehead atoms. The molecular formula is C18H16ClN3O2. The Morgan fingerprint density at radius 1 is 1.17 bits per heavy atom. The number of benzene rings is 1. The number of pyridine rings is 1. The van der Waals surface area contributed by atoms with Crippen LogP contribution < -0.4 is 9.47 Å². The van der Waals surface area contributed by atoms with E-state index in [0.717, 1.165) is 18.4 Å². The lowest BCUT2D eigenvalue weighted by molar-refractivity contribution is 0.278. The summed E-state index contributed by atoms with van der Waals surface area (Å²) in [6.07, 6.45) is 5.76. The first kappa shape index (κ1) is 15.0. The zero-order chi connectivity index (χ0) is 16.4. The summed E-state index contributed by atoms with van der Waals surface area (Å²) >= 11 is 5.91. The Kier molecular flexibility index (Phi) is 4.09. The summed E-state index contributed by atoms with van der Waals surface area (Å²) in [5.41, 5.74) is 1.08. The van der Waals surface area contributed by atoms with Gasteiger partial charge in [-0.2, -0.15) is 0 Å². The second-order valence-electron chi connectivity index (χ2n) is 5.70. The van der Waals surface area contributed by atoms with Crippen LogP contribution in [0.4, 0.5) is 0 Å². The molecule has 3 aromatic rings. The molecule has 5 nitrogen and oxygen atoms in total. The van der Waals surface area contributed by atoms with Crippen molar-refractivity contribution in [1.82, 2.24) is 14.8 Å². The van der Waals surface area contributed by atoms with Gasteiger partial charge in [-0.05, 0) is 24.5 Å². The first-order valence-corrected chi connectivity index (χ1v) is 8.21. The molecule has 0 N–H and O–H groups in total. The molecule has 122 valence electrons. The molecule has 1 fully saturated rings. The van der Waals surface area contributed by atoms with Crippen LogP contribution in [0.3, 0.4) is 0 Å². The number of aromatic nitrogens is 3. The zero-order valence-corrected chi connectivity index (χ0v) is 13.7. The molecule has 0 spiro atoms. The predicted molar refractivity (Wildman–Crippen MR) is 90.6 cm³/mol. The molecule has 0 amide bonds. The maximum absolute atomic E-state index is 5.91. The average Bonchev–Trinajstić information content (AvgIpc) is 3.37. The summed E-state index contributed by atoms with van der Waals surface area (Å²) in [7, 11) is 0. The molecule has 6 heteroatoms. The van der Waals surface area contributed by atoms with E-state index in [9.17, 15) is 0 Å². The van der Waals surface area contributed by atoms with E-state index in [-0.39, 0.29) is 0 Å². The highest BCUT2D eigenvalue weighted by atomic mass is 35.5. The van der Waals surface area contributed by atoms with E-state index in [1.165, 1.54) is 0 Å². The number of hydrogen-bond acceptors (Lipinski definition) is 4. The summed E-state index contributed by atoms with van der Waals surface area (Å²) in [5, 5.41) is 4.91. The Hall–Kier alpha value is -2.53. The van der Waals surface area contributed by atoms with Crippen molar-refractivity contribution < 1.29 is 9.47 Å². The summed E-state index contributed by atoms with van der Waals surface area (Å²) in [4.78, 5) is 3.96. The molecule has 2 heterocycles. The van der Waals surface area contributed by atoms with Gasteiger partial charge in [0.2, 0.25) is 5.75 Å². The number of nitrogens with zero attached hydrogens (tertiary/aromatic N) is 3. The fourth-order valence-electron chi connectivity index (χ4n) is 2.36. The van der Waals surface area contributed by atoms with Crippen LogP contribution in [0.15, 0.2) is 54.9 Å². The Balaban J connectivity index is 1.55. The highest BCUT2D eigenvalue weighted by molar-refractivity contribution is 6.29. The van der Waals surface area contributed by atoms with Crippen LogP contribution in [-0.2, 0) is 6.61 Å². The molecule has 1 aliphatic carbocycles. The Bertz CT molecular complexity index is 831. The van der Waals surface area contributed by atoms with Crippen molar-refractivity contribution >= 4 is 11.6 Å². The highest BCUT2D eigenvalue weighted by Gasteiger charge is 2.27. The van der Waals surface area contributed by atoms with Crippen molar-refractivity contribution in [2.75, 3.05) is 0 Å². The van der Waals surface area contributed by atoms with Gasteiger partial charge < -0.3 is 9.47 Å². The minimum Gasteiger partial charge on any atom is -0.469 e. The zero-order valence-electron chi connectivity index (χ0n) is 12.9. The van der Waals surface area contributed by atoms with Gasteiger partial charge in [0.05, 0.1) is 12.2 Å². The van der Waals surface area contributed by atoms with Crippen molar-refractivity contribution in [3.05, 3.63) is 65.6 Å². The molecule has 1 aliphatic rings. The smallest absolute Gasteiger partial charge is 0.276 e.